The Morgan fingerprint density at radius 2 is 1.75 bits per heavy atom. The first-order valence-electron chi connectivity index (χ1n) is 7.80. The molecule has 6 heteroatoms. The molecule has 0 saturated carbocycles. The van der Waals surface area contributed by atoms with Gasteiger partial charge >= 0.3 is 0 Å². The molecular weight excluding hydrogens is 307 g/mol. The molecule has 1 aromatic carbocycles. The molecule has 128 valence electrons. The van der Waals surface area contributed by atoms with Crippen molar-refractivity contribution < 1.29 is 9.18 Å². The van der Waals surface area contributed by atoms with Crippen LogP contribution in [0.1, 0.15) is 38.8 Å². The predicted molar refractivity (Wildman–Crippen MR) is 89.0 cm³/mol. The minimum atomic E-state index is -0.287. The average Bonchev–Trinajstić information content (AvgIpc) is 2.51. The van der Waals surface area contributed by atoms with Crippen LogP contribution < -0.4 is 5.32 Å². The molecule has 0 fully saturated rings. The Morgan fingerprint density at radius 3 is 2.21 bits per heavy atom. The summed E-state index contributed by atoms with van der Waals surface area (Å²) in [5.41, 5.74) is 0.821. The Labute approximate surface area is 142 Å². The SMILES string of the molecule is CC(C)(C)C(NCCC(=O)N(CC#N)CC#N)c1ccc(F)cc1. The minimum absolute atomic E-state index is 0.0497. The van der Waals surface area contributed by atoms with Gasteiger partial charge in [-0.25, -0.2) is 4.39 Å². The van der Waals surface area contributed by atoms with Crippen molar-refractivity contribution in [1.29, 1.82) is 10.5 Å². The van der Waals surface area contributed by atoms with Crippen LogP contribution in [0.25, 0.3) is 0 Å². The third kappa shape index (κ3) is 5.98. The number of rotatable bonds is 7. The Kier molecular flexibility index (Phi) is 7.35. The number of nitriles is 2. The predicted octanol–water partition coefficient (Wildman–Crippen LogP) is 2.77. The zero-order valence-corrected chi connectivity index (χ0v) is 14.3. The van der Waals surface area contributed by atoms with Gasteiger partial charge in [-0.1, -0.05) is 32.9 Å². The van der Waals surface area contributed by atoms with E-state index in [0.717, 1.165) is 5.56 Å². The van der Waals surface area contributed by atoms with E-state index in [9.17, 15) is 9.18 Å². The van der Waals surface area contributed by atoms with E-state index < -0.39 is 0 Å². The molecular formula is C18H23FN4O. The van der Waals surface area contributed by atoms with Crippen molar-refractivity contribution in [3.8, 4) is 12.1 Å². The lowest BCUT2D eigenvalue weighted by Crippen LogP contribution is -2.37. The third-order valence-electron chi connectivity index (χ3n) is 3.63. The van der Waals surface area contributed by atoms with Crippen LogP contribution >= 0.6 is 0 Å². The molecule has 0 heterocycles. The van der Waals surface area contributed by atoms with Crippen molar-refractivity contribution in [3.63, 3.8) is 0 Å². The Bertz CT molecular complexity index is 606. The zero-order valence-electron chi connectivity index (χ0n) is 14.3. The van der Waals surface area contributed by atoms with Crippen LogP contribution in [0.2, 0.25) is 0 Å². The van der Waals surface area contributed by atoms with E-state index in [4.69, 9.17) is 10.5 Å². The Balaban J connectivity index is 2.70. The van der Waals surface area contributed by atoms with Gasteiger partial charge in [-0.2, -0.15) is 10.5 Å². The van der Waals surface area contributed by atoms with E-state index in [1.165, 1.54) is 17.0 Å². The van der Waals surface area contributed by atoms with Crippen LogP contribution in [0, 0.1) is 33.9 Å². The van der Waals surface area contributed by atoms with Gasteiger partial charge in [0.25, 0.3) is 0 Å². The van der Waals surface area contributed by atoms with Crippen molar-refractivity contribution in [2.45, 2.75) is 33.2 Å². The number of halogens is 1. The molecule has 1 N–H and O–H groups in total. The lowest BCUT2D eigenvalue weighted by Gasteiger charge is -2.32. The minimum Gasteiger partial charge on any atom is -0.316 e. The molecule has 0 aliphatic heterocycles. The quantitative estimate of drug-likeness (QED) is 0.780. The first-order valence-corrected chi connectivity index (χ1v) is 7.80. The van der Waals surface area contributed by atoms with E-state index in [1.807, 2.05) is 12.1 Å². The highest BCUT2D eigenvalue weighted by atomic mass is 19.1. The summed E-state index contributed by atoms with van der Waals surface area (Å²) >= 11 is 0. The molecule has 0 radical (unpaired) electrons. The summed E-state index contributed by atoms with van der Waals surface area (Å²) in [7, 11) is 0. The van der Waals surface area contributed by atoms with Gasteiger partial charge in [0, 0.05) is 19.0 Å². The van der Waals surface area contributed by atoms with Gasteiger partial charge in [-0.3, -0.25) is 4.79 Å². The maximum atomic E-state index is 13.1. The van der Waals surface area contributed by atoms with Gasteiger partial charge < -0.3 is 10.2 Å². The average molecular weight is 330 g/mol. The highest BCUT2D eigenvalue weighted by Crippen LogP contribution is 2.32. The number of benzene rings is 1. The highest BCUT2D eigenvalue weighted by Gasteiger charge is 2.26. The van der Waals surface area contributed by atoms with Gasteiger partial charge in [0.05, 0.1) is 12.1 Å². The second-order valence-corrected chi connectivity index (χ2v) is 6.62. The number of carbonyl (C=O) groups excluding carboxylic acids is 1. The number of amides is 1. The summed E-state index contributed by atoms with van der Waals surface area (Å²) in [6.45, 7) is 6.42. The van der Waals surface area contributed by atoms with E-state index in [-0.39, 0.29) is 42.7 Å². The molecule has 0 aliphatic rings. The summed E-state index contributed by atoms with van der Waals surface area (Å²) in [6.07, 6.45) is 0.192. The summed E-state index contributed by atoms with van der Waals surface area (Å²) in [6, 6.07) is 10.0. The van der Waals surface area contributed by atoms with Crippen molar-refractivity contribution in [2.75, 3.05) is 19.6 Å². The number of nitrogens with zero attached hydrogens (tertiary/aromatic N) is 3. The van der Waals surface area contributed by atoms with E-state index in [2.05, 4.69) is 26.1 Å². The third-order valence-corrected chi connectivity index (χ3v) is 3.63. The fourth-order valence-corrected chi connectivity index (χ4v) is 2.46. The largest absolute Gasteiger partial charge is 0.316 e. The van der Waals surface area contributed by atoms with Crippen molar-refractivity contribution in [2.24, 2.45) is 5.41 Å². The topological polar surface area (TPSA) is 79.9 Å². The summed E-state index contributed by atoms with van der Waals surface area (Å²) in [5, 5.41) is 20.7. The maximum Gasteiger partial charge on any atom is 0.225 e. The Morgan fingerprint density at radius 1 is 1.21 bits per heavy atom. The molecule has 0 bridgehead atoms. The number of hydrogen-bond donors (Lipinski definition) is 1. The van der Waals surface area contributed by atoms with Crippen LogP contribution in [-0.4, -0.2) is 30.4 Å². The molecule has 0 spiro atoms. The van der Waals surface area contributed by atoms with Crippen LogP contribution in [0.5, 0.6) is 0 Å². The number of carbonyl (C=O) groups is 1. The molecule has 1 rings (SSSR count). The maximum absolute atomic E-state index is 13.1. The van der Waals surface area contributed by atoms with Gasteiger partial charge in [-0.05, 0) is 23.1 Å². The van der Waals surface area contributed by atoms with E-state index in [1.54, 1.807) is 12.1 Å². The molecule has 1 aromatic rings. The lowest BCUT2D eigenvalue weighted by molar-refractivity contribution is -0.130. The molecule has 5 nitrogen and oxygen atoms in total. The normalized spacial score (nSPS) is 12.1. The summed E-state index contributed by atoms with van der Waals surface area (Å²) in [4.78, 5) is 13.3. The zero-order chi connectivity index (χ0) is 18.2. The van der Waals surface area contributed by atoms with E-state index >= 15 is 0 Å². The lowest BCUT2D eigenvalue weighted by atomic mass is 9.82. The van der Waals surface area contributed by atoms with E-state index in [0.29, 0.717) is 6.54 Å². The molecule has 1 atom stereocenters. The number of hydrogen-bond acceptors (Lipinski definition) is 4. The molecule has 1 amide bonds. The van der Waals surface area contributed by atoms with Crippen molar-refractivity contribution in [3.05, 3.63) is 35.6 Å². The Hall–Kier alpha value is -2.44. The molecule has 1 unspecified atom stereocenters. The van der Waals surface area contributed by atoms with Crippen LogP contribution in [-0.2, 0) is 4.79 Å². The van der Waals surface area contributed by atoms with Gasteiger partial charge in [0.2, 0.25) is 5.91 Å². The smallest absolute Gasteiger partial charge is 0.225 e. The van der Waals surface area contributed by atoms with Gasteiger partial charge in [-0.15, -0.1) is 0 Å². The van der Waals surface area contributed by atoms with Crippen LogP contribution in [0.4, 0.5) is 4.39 Å². The molecule has 24 heavy (non-hydrogen) atoms. The molecule has 0 saturated heterocycles. The standard InChI is InChI=1S/C18H23FN4O/c1-18(2,3)17(14-4-6-15(19)7-5-14)22-11-8-16(24)23(12-9-20)13-10-21/h4-7,17,22H,8,11-13H2,1-3H3. The summed E-state index contributed by atoms with van der Waals surface area (Å²) < 4.78 is 13.1. The van der Waals surface area contributed by atoms with Crippen LogP contribution in [0.3, 0.4) is 0 Å². The first-order chi connectivity index (χ1) is 11.3. The molecule has 0 aromatic heterocycles. The van der Waals surface area contributed by atoms with Gasteiger partial charge in [0.1, 0.15) is 18.9 Å². The fraction of sp³-hybridized carbons (Fsp3) is 0.500. The molecule has 0 aliphatic carbocycles. The second kappa shape index (κ2) is 9.00. The highest BCUT2D eigenvalue weighted by molar-refractivity contribution is 5.76. The first kappa shape index (κ1) is 19.6. The number of nitrogens with one attached hydrogen (secondary N) is 1. The monoisotopic (exact) mass is 330 g/mol. The fourth-order valence-electron chi connectivity index (χ4n) is 2.46. The second-order valence-electron chi connectivity index (χ2n) is 6.62. The van der Waals surface area contributed by atoms with Crippen molar-refractivity contribution in [1.82, 2.24) is 10.2 Å². The summed E-state index contributed by atoms with van der Waals surface area (Å²) in [5.74, 6) is -0.525. The van der Waals surface area contributed by atoms with Crippen LogP contribution in [0.15, 0.2) is 24.3 Å². The van der Waals surface area contributed by atoms with Crippen molar-refractivity contribution >= 4 is 5.91 Å². The van der Waals surface area contributed by atoms with Gasteiger partial charge in [0.15, 0.2) is 0 Å².